The average Bonchev–Trinajstić information content (AvgIpc) is 2.17. The van der Waals surface area contributed by atoms with E-state index in [1.807, 2.05) is 27.7 Å². The van der Waals surface area contributed by atoms with E-state index < -0.39 is 11.4 Å². The summed E-state index contributed by atoms with van der Waals surface area (Å²) in [5.41, 5.74) is -4.55. The van der Waals surface area contributed by atoms with Crippen LogP contribution in [0.1, 0.15) is 27.7 Å². The summed E-state index contributed by atoms with van der Waals surface area (Å²) in [6, 6.07) is 0. The van der Waals surface area contributed by atoms with E-state index in [0.717, 1.165) is 0 Å². The van der Waals surface area contributed by atoms with Crippen LogP contribution in [0.3, 0.4) is 0 Å². The molecule has 0 N–H and O–H groups in total. The van der Waals surface area contributed by atoms with Gasteiger partial charge in [-0.05, 0) is 27.7 Å². The molecule has 0 unspecified atom stereocenters. The first-order valence-corrected chi connectivity index (χ1v) is 12.7. The van der Waals surface area contributed by atoms with Gasteiger partial charge in [-0.15, -0.1) is 0 Å². The van der Waals surface area contributed by atoms with Crippen LogP contribution in [0, 0.1) is 0 Å². The van der Waals surface area contributed by atoms with Crippen LogP contribution in [0.4, 0.5) is 0 Å². The first kappa shape index (κ1) is 26.5. The molecule has 4 nitrogen and oxygen atoms in total. The molecule has 0 saturated heterocycles. The average molecular weight is 498 g/mol. The van der Waals surface area contributed by atoms with E-state index in [0.29, 0.717) is 26.4 Å². The molecule has 0 spiro atoms. The van der Waals surface area contributed by atoms with Crippen molar-refractivity contribution in [1.82, 2.24) is 0 Å². The Bertz CT molecular complexity index is 248. The molecule has 0 aromatic carbocycles. The fraction of sp³-hybridized carbons (Fsp3) is 1.00. The molecule has 0 heterocycles. The van der Waals surface area contributed by atoms with E-state index in [2.05, 4.69) is 0 Å². The molecule has 0 aliphatic rings. The van der Waals surface area contributed by atoms with E-state index in [-0.39, 0.29) is 23.7 Å². The molecule has 0 rings (SSSR count). The van der Waals surface area contributed by atoms with Crippen LogP contribution in [-0.2, 0) is 66.2 Å². The van der Waals surface area contributed by atoms with Gasteiger partial charge < -0.3 is 42.6 Å². The Morgan fingerprint density at radius 2 is 0.842 bits per heavy atom. The first-order chi connectivity index (χ1) is 8.24. The van der Waals surface area contributed by atoms with Crippen LogP contribution in [0.15, 0.2) is 0 Å². The van der Waals surface area contributed by atoms with E-state index >= 15 is 0 Å². The summed E-state index contributed by atoms with van der Waals surface area (Å²) in [7, 11) is 0. The smallest absolute Gasteiger partial charge is 0.691 e. The van der Waals surface area contributed by atoms with Gasteiger partial charge in [-0.3, -0.25) is 0 Å². The van der Waals surface area contributed by atoms with Crippen molar-refractivity contribution in [3.63, 3.8) is 0 Å². The van der Waals surface area contributed by atoms with Gasteiger partial charge >= 0.3 is 23.7 Å². The van der Waals surface area contributed by atoms with E-state index in [4.69, 9.17) is 66.2 Å². The van der Waals surface area contributed by atoms with Crippen molar-refractivity contribution < 1.29 is 18.1 Å². The summed E-state index contributed by atoms with van der Waals surface area (Å²) in [5, 5.41) is 0. The van der Waals surface area contributed by atoms with E-state index in [9.17, 15) is 0 Å². The molecule has 0 aromatic rings. The molecule has 116 valence electrons. The van der Waals surface area contributed by atoms with Crippen molar-refractivity contribution >= 4 is 83.2 Å². The minimum atomic E-state index is -2.28. The number of hydrogen-bond acceptors (Lipinski definition) is 8. The van der Waals surface area contributed by atoms with Crippen LogP contribution >= 0.6 is 11.4 Å². The standard InChI is InChI=1S/2C4H11O2PS2.Te/c2*1-3-5-7(8,9)6-4-2;/h2*3-4H2,1-2H3,(H,8,9);/q;;+2/p-2. The van der Waals surface area contributed by atoms with Gasteiger partial charge in [0, 0.05) is 26.4 Å². The Kier molecular flexibility index (Phi) is 21.7. The van der Waals surface area contributed by atoms with E-state index in [1.165, 1.54) is 0 Å². The SMILES string of the molecule is CCOP(=S)([S-])OCC.CCOP(=S)([S-])OCC.[Te+2]. The van der Waals surface area contributed by atoms with Gasteiger partial charge in [0.05, 0.1) is 11.4 Å². The molecule has 0 atom stereocenters. The van der Waals surface area contributed by atoms with Gasteiger partial charge in [-0.2, -0.15) is 0 Å². The first-order valence-electron chi connectivity index (χ1n) is 5.44. The maximum atomic E-state index is 4.99. The predicted molar refractivity (Wildman–Crippen MR) is 95.6 cm³/mol. The maximum Gasteiger partial charge on any atom is 2.00 e. The predicted octanol–water partition coefficient (Wildman–Crippen LogP) is 3.28. The molecule has 0 aliphatic heterocycles. The third-order valence-electron chi connectivity index (χ3n) is 1.15. The van der Waals surface area contributed by atoms with E-state index in [1.54, 1.807) is 0 Å². The Labute approximate surface area is 154 Å². The van der Waals surface area contributed by atoms with Gasteiger partial charge in [0.25, 0.3) is 0 Å². The van der Waals surface area contributed by atoms with Crippen LogP contribution in [0.5, 0.6) is 0 Å². The third kappa shape index (κ3) is 20.6. The molecule has 0 aliphatic carbocycles. The fourth-order valence-electron chi connectivity index (χ4n) is 0.707. The van der Waals surface area contributed by atoms with Crippen LogP contribution in [0.25, 0.3) is 0 Å². The Balaban J connectivity index is -0.000000256. The third-order valence-corrected chi connectivity index (χ3v) is 5.98. The summed E-state index contributed by atoms with van der Waals surface area (Å²) in [6.45, 7) is 9.58. The van der Waals surface area contributed by atoms with Crippen LogP contribution in [0.2, 0.25) is 0 Å². The molecule has 0 fully saturated rings. The summed E-state index contributed by atoms with van der Waals surface area (Å²) < 4.78 is 20.0. The summed E-state index contributed by atoms with van der Waals surface area (Å²) >= 11 is 19.3. The summed E-state index contributed by atoms with van der Waals surface area (Å²) in [6.07, 6.45) is 0. The number of rotatable bonds is 8. The molecule has 0 aromatic heterocycles. The van der Waals surface area contributed by atoms with Gasteiger partial charge in [-0.25, -0.2) is 0 Å². The van der Waals surface area contributed by atoms with Crippen molar-refractivity contribution in [1.29, 1.82) is 0 Å². The van der Waals surface area contributed by atoms with Crippen LogP contribution < -0.4 is 0 Å². The van der Waals surface area contributed by atoms with Gasteiger partial charge in [0.2, 0.25) is 0 Å². The zero-order valence-corrected chi connectivity index (χ0v) is 18.8. The zero-order valence-electron chi connectivity index (χ0n) is 11.4. The monoisotopic (exact) mass is 500 g/mol. The minimum absolute atomic E-state index is 0. The molecule has 11 heteroatoms. The largest absolute Gasteiger partial charge is 2.00 e. The Morgan fingerprint density at radius 3 is 0.947 bits per heavy atom. The summed E-state index contributed by atoms with van der Waals surface area (Å²) in [4.78, 5) is 0. The van der Waals surface area contributed by atoms with Gasteiger partial charge in [0.15, 0.2) is 0 Å². The van der Waals surface area contributed by atoms with Gasteiger partial charge in [0.1, 0.15) is 0 Å². The second kappa shape index (κ2) is 15.5. The zero-order chi connectivity index (χ0) is 14.7. The quantitative estimate of drug-likeness (QED) is 0.287. The molecule has 4 radical (unpaired) electrons. The Hall–Kier alpha value is 2.63. The molecular formula is C8H20O4P2S4Te. The minimum Gasteiger partial charge on any atom is -0.691 e. The van der Waals surface area contributed by atoms with Crippen LogP contribution in [-0.4, -0.2) is 50.1 Å². The molecular weight excluding hydrogens is 478 g/mol. The Morgan fingerprint density at radius 1 is 0.684 bits per heavy atom. The van der Waals surface area contributed by atoms with Crippen molar-refractivity contribution in [2.75, 3.05) is 26.4 Å². The summed E-state index contributed by atoms with van der Waals surface area (Å²) in [5.74, 6) is 0. The number of hydrogen-bond donors (Lipinski definition) is 0. The van der Waals surface area contributed by atoms with Gasteiger partial charge in [-0.1, -0.05) is 23.6 Å². The maximum absolute atomic E-state index is 4.99. The normalized spacial score (nSPS) is 11.3. The molecule has 0 bridgehead atoms. The molecule has 0 saturated carbocycles. The fourth-order valence-corrected chi connectivity index (χ4v) is 4.65. The van der Waals surface area contributed by atoms with Crippen molar-refractivity contribution in [3.8, 4) is 0 Å². The second-order valence-electron chi connectivity index (χ2n) is 2.57. The second-order valence-corrected chi connectivity index (χ2v) is 12.5. The van der Waals surface area contributed by atoms with Crippen molar-refractivity contribution in [2.24, 2.45) is 0 Å². The van der Waals surface area contributed by atoms with Crippen molar-refractivity contribution in [3.05, 3.63) is 0 Å². The topological polar surface area (TPSA) is 36.9 Å². The molecule has 19 heavy (non-hydrogen) atoms. The molecule has 0 amide bonds. The van der Waals surface area contributed by atoms with Crippen molar-refractivity contribution in [2.45, 2.75) is 27.7 Å².